The Morgan fingerprint density at radius 1 is 1.03 bits per heavy atom. The Hall–Kier alpha value is -2.65. The van der Waals surface area contributed by atoms with E-state index in [4.69, 9.17) is 5.14 Å². The minimum atomic E-state index is -4.59. The predicted octanol–water partition coefficient (Wildman–Crippen LogP) is 3.93. The molecule has 0 aliphatic carbocycles. The molecule has 2 N–H and O–H groups in total. The summed E-state index contributed by atoms with van der Waals surface area (Å²) in [4.78, 5) is 5.66. The summed E-state index contributed by atoms with van der Waals surface area (Å²) in [5.74, 6) is 0. The first-order chi connectivity index (χ1) is 13.4. The number of sulfonamides is 1. The quantitative estimate of drug-likeness (QED) is 0.810. The number of dihydropyridines is 1. The second-order valence-electron chi connectivity index (χ2n) is 6.96. The molecule has 0 amide bonds. The van der Waals surface area contributed by atoms with Crippen LogP contribution >= 0.6 is 0 Å². The summed E-state index contributed by atoms with van der Waals surface area (Å²) >= 11 is 0. The van der Waals surface area contributed by atoms with E-state index in [1.807, 2.05) is 31.1 Å². The lowest BCUT2D eigenvalue weighted by molar-refractivity contribution is -0.0581. The maximum absolute atomic E-state index is 13.4. The predicted molar refractivity (Wildman–Crippen MR) is 107 cm³/mol. The minimum absolute atomic E-state index is 0.105. The van der Waals surface area contributed by atoms with Gasteiger partial charge in [0.15, 0.2) is 0 Å². The van der Waals surface area contributed by atoms with Gasteiger partial charge < -0.3 is 4.90 Å². The molecule has 0 aromatic heterocycles. The van der Waals surface area contributed by atoms with Gasteiger partial charge >= 0.3 is 6.18 Å². The topological polar surface area (TPSA) is 75.8 Å². The van der Waals surface area contributed by atoms with Crippen molar-refractivity contribution in [2.75, 3.05) is 19.0 Å². The molecule has 9 heteroatoms. The van der Waals surface area contributed by atoms with E-state index >= 15 is 0 Å². The zero-order valence-corrected chi connectivity index (χ0v) is 16.6. The highest BCUT2D eigenvalue weighted by Gasteiger charge is 2.37. The van der Waals surface area contributed by atoms with Crippen molar-refractivity contribution in [3.63, 3.8) is 0 Å². The van der Waals surface area contributed by atoms with Crippen molar-refractivity contribution < 1.29 is 21.6 Å². The lowest BCUT2D eigenvalue weighted by Gasteiger charge is -2.23. The Morgan fingerprint density at radius 3 is 2.10 bits per heavy atom. The standard InChI is InChI=1S/C20H20F3N3O2S/c1-26(2)16-7-3-13(4-8-16)15-11-18(25-19(12-15)20(21,22)23)14-5-9-17(10-6-14)29(24,27)28/h3-10,12,18H,11H2,1-2H3,(H2,24,27,28). The normalized spacial score (nSPS) is 17.5. The summed E-state index contributed by atoms with van der Waals surface area (Å²) < 4.78 is 63.1. The van der Waals surface area contributed by atoms with Crippen molar-refractivity contribution in [2.45, 2.75) is 23.5 Å². The Morgan fingerprint density at radius 2 is 1.62 bits per heavy atom. The van der Waals surface area contributed by atoms with E-state index < -0.39 is 28.0 Å². The fourth-order valence-corrected chi connectivity index (χ4v) is 3.60. The highest BCUT2D eigenvalue weighted by atomic mass is 32.2. The van der Waals surface area contributed by atoms with Gasteiger partial charge in [-0.15, -0.1) is 0 Å². The van der Waals surface area contributed by atoms with Gasteiger partial charge in [-0.1, -0.05) is 24.3 Å². The van der Waals surface area contributed by atoms with Crippen LogP contribution in [-0.4, -0.2) is 34.4 Å². The molecule has 1 unspecified atom stereocenters. The van der Waals surface area contributed by atoms with Crippen LogP contribution in [0, 0.1) is 0 Å². The summed E-state index contributed by atoms with van der Waals surface area (Å²) in [6, 6.07) is 11.9. The zero-order valence-electron chi connectivity index (χ0n) is 15.8. The number of nitrogens with zero attached hydrogens (tertiary/aromatic N) is 2. The van der Waals surface area contributed by atoms with E-state index in [-0.39, 0.29) is 11.3 Å². The lowest BCUT2D eigenvalue weighted by atomic mass is 9.91. The van der Waals surface area contributed by atoms with Gasteiger partial charge in [0.1, 0.15) is 5.71 Å². The van der Waals surface area contributed by atoms with Crippen molar-refractivity contribution in [3.05, 3.63) is 65.7 Å². The van der Waals surface area contributed by atoms with Crippen LogP contribution in [0.15, 0.2) is 64.5 Å². The van der Waals surface area contributed by atoms with Crippen molar-refractivity contribution in [1.82, 2.24) is 0 Å². The molecule has 0 radical (unpaired) electrons. The zero-order chi connectivity index (χ0) is 21.4. The molecular formula is C20H20F3N3O2S. The van der Waals surface area contributed by atoms with E-state index in [1.165, 1.54) is 24.3 Å². The van der Waals surface area contributed by atoms with Crippen LogP contribution in [-0.2, 0) is 10.0 Å². The summed E-state index contributed by atoms with van der Waals surface area (Å²) in [5.41, 5.74) is 1.65. The lowest BCUT2D eigenvalue weighted by Crippen LogP contribution is -2.24. The van der Waals surface area contributed by atoms with E-state index in [2.05, 4.69) is 4.99 Å². The number of halogens is 3. The van der Waals surface area contributed by atoms with E-state index in [0.717, 1.165) is 11.8 Å². The molecule has 1 atom stereocenters. The van der Waals surface area contributed by atoms with Crippen LogP contribution in [0.5, 0.6) is 0 Å². The monoisotopic (exact) mass is 423 g/mol. The summed E-state index contributed by atoms with van der Waals surface area (Å²) in [6.45, 7) is 0. The van der Waals surface area contributed by atoms with E-state index in [0.29, 0.717) is 16.7 Å². The Kier molecular flexibility index (Phi) is 5.55. The highest BCUT2D eigenvalue weighted by molar-refractivity contribution is 7.89. The van der Waals surface area contributed by atoms with E-state index in [9.17, 15) is 21.6 Å². The van der Waals surface area contributed by atoms with Gasteiger partial charge in [0.05, 0.1) is 10.9 Å². The third kappa shape index (κ3) is 4.86. The van der Waals surface area contributed by atoms with Gasteiger partial charge in [-0.05, 0) is 53.5 Å². The number of primary sulfonamides is 1. The molecule has 0 fully saturated rings. The van der Waals surface area contributed by atoms with Crippen LogP contribution < -0.4 is 10.0 Å². The number of hydrogen-bond donors (Lipinski definition) is 1. The van der Waals surface area contributed by atoms with Crippen LogP contribution in [0.1, 0.15) is 23.6 Å². The average molecular weight is 423 g/mol. The number of hydrogen-bond acceptors (Lipinski definition) is 4. The Balaban J connectivity index is 1.98. The first-order valence-electron chi connectivity index (χ1n) is 8.71. The van der Waals surface area contributed by atoms with Crippen LogP contribution in [0.4, 0.5) is 18.9 Å². The molecule has 1 aliphatic rings. The number of anilines is 1. The van der Waals surface area contributed by atoms with Crippen LogP contribution in [0.25, 0.3) is 5.57 Å². The van der Waals surface area contributed by atoms with Crippen molar-refractivity contribution in [2.24, 2.45) is 10.1 Å². The first kappa shape index (κ1) is 21.1. The molecule has 0 saturated heterocycles. The molecule has 154 valence electrons. The number of allylic oxidation sites excluding steroid dienone is 1. The molecule has 0 spiro atoms. The number of rotatable bonds is 4. The fraction of sp³-hybridized carbons (Fsp3) is 0.250. The smallest absolute Gasteiger partial charge is 0.378 e. The molecular weight excluding hydrogens is 403 g/mol. The molecule has 1 heterocycles. The molecule has 2 aromatic carbocycles. The third-order valence-corrected chi connectivity index (χ3v) is 5.59. The van der Waals surface area contributed by atoms with Crippen LogP contribution in [0.3, 0.4) is 0 Å². The molecule has 5 nitrogen and oxygen atoms in total. The molecule has 0 bridgehead atoms. The van der Waals surface area contributed by atoms with Gasteiger partial charge in [-0.25, -0.2) is 13.6 Å². The number of alkyl halides is 3. The second-order valence-corrected chi connectivity index (χ2v) is 8.52. The number of aliphatic imine (C=N–C) groups is 1. The van der Waals surface area contributed by atoms with Gasteiger partial charge in [0.2, 0.25) is 10.0 Å². The molecule has 0 saturated carbocycles. The molecule has 29 heavy (non-hydrogen) atoms. The van der Waals surface area contributed by atoms with Gasteiger partial charge in [0, 0.05) is 19.8 Å². The third-order valence-electron chi connectivity index (χ3n) is 4.66. The van der Waals surface area contributed by atoms with Crippen molar-refractivity contribution in [3.8, 4) is 0 Å². The number of benzene rings is 2. The van der Waals surface area contributed by atoms with Gasteiger partial charge in [-0.3, -0.25) is 4.99 Å². The highest BCUT2D eigenvalue weighted by Crippen LogP contribution is 2.37. The summed E-state index contributed by atoms with van der Waals surface area (Å²) in [6.07, 6.45) is -3.26. The molecule has 1 aliphatic heterocycles. The average Bonchev–Trinajstić information content (AvgIpc) is 2.66. The maximum atomic E-state index is 13.4. The van der Waals surface area contributed by atoms with Crippen LogP contribution in [0.2, 0.25) is 0 Å². The van der Waals surface area contributed by atoms with Gasteiger partial charge in [0.25, 0.3) is 0 Å². The largest absolute Gasteiger partial charge is 0.432 e. The fourth-order valence-electron chi connectivity index (χ4n) is 3.08. The first-order valence-corrected chi connectivity index (χ1v) is 10.3. The maximum Gasteiger partial charge on any atom is 0.432 e. The van der Waals surface area contributed by atoms with Gasteiger partial charge in [-0.2, -0.15) is 13.2 Å². The van der Waals surface area contributed by atoms with Crippen molar-refractivity contribution >= 4 is 27.0 Å². The SMILES string of the molecule is CN(C)c1ccc(C2=CC(C(F)(F)F)=NC(c3ccc(S(N)(=O)=O)cc3)C2)cc1. The second kappa shape index (κ2) is 7.64. The Bertz CT molecular complexity index is 1060. The Labute approximate surface area is 167 Å². The minimum Gasteiger partial charge on any atom is -0.378 e. The molecule has 3 rings (SSSR count). The molecule has 2 aromatic rings. The van der Waals surface area contributed by atoms with Crippen molar-refractivity contribution in [1.29, 1.82) is 0 Å². The number of nitrogens with two attached hydrogens (primary N) is 1. The van der Waals surface area contributed by atoms with E-state index in [1.54, 1.807) is 12.1 Å². The summed E-state index contributed by atoms with van der Waals surface area (Å²) in [7, 11) is -0.121. The summed E-state index contributed by atoms with van der Waals surface area (Å²) in [5, 5.41) is 5.08.